The van der Waals surface area contributed by atoms with Gasteiger partial charge in [-0.15, -0.1) is 0 Å². The van der Waals surface area contributed by atoms with E-state index in [4.69, 9.17) is 11.6 Å². The first-order valence-corrected chi connectivity index (χ1v) is 8.65. The summed E-state index contributed by atoms with van der Waals surface area (Å²) >= 11 is 6.16. The lowest BCUT2D eigenvalue weighted by atomic mass is 9.76. The summed E-state index contributed by atoms with van der Waals surface area (Å²) in [5.41, 5.74) is 1.22. The predicted molar refractivity (Wildman–Crippen MR) is 78.1 cm³/mol. The van der Waals surface area contributed by atoms with Crippen LogP contribution in [0.1, 0.15) is 24.3 Å². The Labute approximate surface area is 119 Å². The van der Waals surface area contributed by atoms with E-state index in [9.17, 15) is 8.42 Å². The van der Waals surface area contributed by atoms with Crippen LogP contribution in [0, 0.1) is 0 Å². The summed E-state index contributed by atoms with van der Waals surface area (Å²) in [5, 5.41) is 4.18. The first kappa shape index (κ1) is 14.8. The predicted octanol–water partition coefficient (Wildman–Crippen LogP) is 1.72. The van der Waals surface area contributed by atoms with Crippen molar-refractivity contribution in [2.24, 2.45) is 0 Å². The van der Waals surface area contributed by atoms with Gasteiger partial charge in [-0.2, -0.15) is 0 Å². The second kappa shape index (κ2) is 6.22. The highest BCUT2D eigenvalue weighted by Crippen LogP contribution is 2.39. The zero-order valence-electron chi connectivity index (χ0n) is 10.9. The molecule has 1 aliphatic rings. The number of halogens is 1. The summed E-state index contributed by atoms with van der Waals surface area (Å²) in [6.07, 6.45) is 3.29. The molecule has 2 N–H and O–H groups in total. The molecule has 1 fully saturated rings. The number of benzene rings is 1. The van der Waals surface area contributed by atoms with Gasteiger partial charge in [-0.25, -0.2) is 13.1 Å². The van der Waals surface area contributed by atoms with Crippen LogP contribution in [-0.4, -0.2) is 33.8 Å². The van der Waals surface area contributed by atoms with Gasteiger partial charge < -0.3 is 5.32 Å². The SMILES string of the molecule is CS(=O)(=O)NCCNC1CC(c2ccccc2Cl)C1. The van der Waals surface area contributed by atoms with Crippen LogP contribution in [0.15, 0.2) is 24.3 Å². The Bertz CT molecular complexity index is 527. The van der Waals surface area contributed by atoms with E-state index in [1.807, 2.05) is 18.2 Å². The molecule has 19 heavy (non-hydrogen) atoms. The lowest BCUT2D eigenvalue weighted by Gasteiger charge is -2.36. The van der Waals surface area contributed by atoms with Gasteiger partial charge in [-0.05, 0) is 30.4 Å². The minimum Gasteiger partial charge on any atom is -0.313 e. The normalized spacial score (nSPS) is 23.1. The van der Waals surface area contributed by atoms with Crippen LogP contribution in [0.25, 0.3) is 0 Å². The van der Waals surface area contributed by atoms with E-state index in [1.165, 1.54) is 11.8 Å². The fourth-order valence-corrected chi connectivity index (χ4v) is 3.12. The zero-order valence-corrected chi connectivity index (χ0v) is 12.5. The van der Waals surface area contributed by atoms with Crippen LogP contribution in [0.5, 0.6) is 0 Å². The molecule has 0 amide bonds. The van der Waals surface area contributed by atoms with E-state index >= 15 is 0 Å². The summed E-state index contributed by atoms with van der Waals surface area (Å²) in [7, 11) is -3.08. The Morgan fingerprint density at radius 1 is 1.26 bits per heavy atom. The van der Waals surface area contributed by atoms with E-state index < -0.39 is 10.0 Å². The van der Waals surface area contributed by atoms with E-state index in [-0.39, 0.29) is 0 Å². The Hall–Kier alpha value is -0.620. The second-order valence-corrected chi connectivity index (χ2v) is 7.25. The number of hydrogen-bond acceptors (Lipinski definition) is 3. The molecule has 0 atom stereocenters. The Morgan fingerprint density at radius 3 is 2.58 bits per heavy atom. The van der Waals surface area contributed by atoms with Crippen LogP contribution in [0.4, 0.5) is 0 Å². The van der Waals surface area contributed by atoms with Crippen LogP contribution in [0.2, 0.25) is 5.02 Å². The Balaban J connectivity index is 1.68. The molecule has 0 aliphatic heterocycles. The van der Waals surface area contributed by atoms with Crippen LogP contribution in [-0.2, 0) is 10.0 Å². The molecular formula is C13H19ClN2O2S. The molecule has 0 saturated heterocycles. The largest absolute Gasteiger partial charge is 0.313 e. The highest BCUT2D eigenvalue weighted by Gasteiger charge is 2.30. The van der Waals surface area contributed by atoms with Crippen molar-refractivity contribution in [2.45, 2.75) is 24.8 Å². The highest BCUT2D eigenvalue weighted by atomic mass is 35.5. The smallest absolute Gasteiger partial charge is 0.208 e. The maximum Gasteiger partial charge on any atom is 0.208 e. The van der Waals surface area contributed by atoms with E-state index in [0.29, 0.717) is 25.0 Å². The van der Waals surface area contributed by atoms with Crippen molar-refractivity contribution in [1.29, 1.82) is 0 Å². The third-order valence-corrected chi connectivity index (χ3v) is 4.48. The molecule has 1 aromatic carbocycles. The third kappa shape index (κ3) is 4.45. The topological polar surface area (TPSA) is 58.2 Å². The molecule has 0 unspecified atom stereocenters. The van der Waals surface area contributed by atoms with Gasteiger partial charge in [0.2, 0.25) is 10.0 Å². The molecule has 0 radical (unpaired) electrons. The summed E-state index contributed by atoms with van der Waals surface area (Å²) in [4.78, 5) is 0. The van der Waals surface area contributed by atoms with Gasteiger partial charge in [0.1, 0.15) is 0 Å². The van der Waals surface area contributed by atoms with Crippen molar-refractivity contribution in [1.82, 2.24) is 10.0 Å². The maximum atomic E-state index is 10.9. The molecule has 6 heteroatoms. The monoisotopic (exact) mass is 302 g/mol. The van der Waals surface area contributed by atoms with Crippen molar-refractivity contribution >= 4 is 21.6 Å². The summed E-state index contributed by atoms with van der Waals surface area (Å²) in [6.45, 7) is 1.10. The number of hydrogen-bond donors (Lipinski definition) is 2. The average Bonchev–Trinajstić information content (AvgIpc) is 2.27. The van der Waals surface area contributed by atoms with E-state index in [0.717, 1.165) is 17.9 Å². The van der Waals surface area contributed by atoms with Gasteiger partial charge in [0.25, 0.3) is 0 Å². The van der Waals surface area contributed by atoms with Crippen molar-refractivity contribution < 1.29 is 8.42 Å². The first-order chi connectivity index (χ1) is 8.96. The molecule has 4 nitrogen and oxygen atoms in total. The van der Waals surface area contributed by atoms with E-state index in [2.05, 4.69) is 16.1 Å². The first-order valence-electron chi connectivity index (χ1n) is 6.38. The molecular weight excluding hydrogens is 284 g/mol. The Kier molecular flexibility index (Phi) is 4.84. The molecule has 0 heterocycles. The molecule has 106 valence electrons. The number of rotatable bonds is 6. The fourth-order valence-electron chi connectivity index (χ4n) is 2.36. The highest BCUT2D eigenvalue weighted by molar-refractivity contribution is 7.88. The fraction of sp³-hybridized carbons (Fsp3) is 0.538. The van der Waals surface area contributed by atoms with Crippen LogP contribution >= 0.6 is 11.6 Å². The number of nitrogens with one attached hydrogen (secondary N) is 2. The van der Waals surface area contributed by atoms with Crippen molar-refractivity contribution in [3.8, 4) is 0 Å². The van der Waals surface area contributed by atoms with Crippen LogP contribution in [0.3, 0.4) is 0 Å². The minimum absolute atomic E-state index is 0.437. The average molecular weight is 303 g/mol. The van der Waals surface area contributed by atoms with Gasteiger partial charge in [0.15, 0.2) is 0 Å². The molecule has 2 rings (SSSR count). The van der Waals surface area contributed by atoms with Crippen LogP contribution < -0.4 is 10.0 Å². The van der Waals surface area contributed by atoms with Crippen molar-refractivity contribution in [2.75, 3.05) is 19.3 Å². The van der Waals surface area contributed by atoms with Gasteiger partial charge in [0.05, 0.1) is 6.26 Å². The van der Waals surface area contributed by atoms with E-state index in [1.54, 1.807) is 0 Å². The molecule has 0 aromatic heterocycles. The van der Waals surface area contributed by atoms with Gasteiger partial charge in [-0.3, -0.25) is 0 Å². The van der Waals surface area contributed by atoms with Gasteiger partial charge >= 0.3 is 0 Å². The molecule has 1 saturated carbocycles. The lowest BCUT2D eigenvalue weighted by Crippen LogP contribution is -2.43. The molecule has 1 aliphatic carbocycles. The Morgan fingerprint density at radius 2 is 1.95 bits per heavy atom. The summed E-state index contributed by atoms with van der Waals surface area (Å²) < 4.78 is 24.2. The van der Waals surface area contributed by atoms with Gasteiger partial charge in [0, 0.05) is 24.2 Å². The third-order valence-electron chi connectivity index (χ3n) is 3.41. The number of sulfonamides is 1. The van der Waals surface area contributed by atoms with Crippen molar-refractivity contribution in [3.63, 3.8) is 0 Å². The standard InChI is InChI=1S/C13H19ClN2O2S/c1-19(17,18)16-7-6-15-11-8-10(9-11)12-4-2-3-5-13(12)14/h2-5,10-11,15-16H,6-9H2,1H3. The lowest BCUT2D eigenvalue weighted by molar-refractivity contribution is 0.293. The summed E-state index contributed by atoms with van der Waals surface area (Å²) in [5.74, 6) is 0.522. The zero-order chi connectivity index (χ0) is 13.9. The van der Waals surface area contributed by atoms with Gasteiger partial charge in [-0.1, -0.05) is 29.8 Å². The maximum absolute atomic E-state index is 10.9. The second-order valence-electron chi connectivity index (χ2n) is 5.01. The summed E-state index contributed by atoms with van der Waals surface area (Å²) in [6, 6.07) is 8.42. The minimum atomic E-state index is -3.08. The molecule has 0 bridgehead atoms. The molecule has 1 aromatic rings. The van der Waals surface area contributed by atoms with Crippen molar-refractivity contribution in [3.05, 3.63) is 34.9 Å². The quantitative estimate of drug-likeness (QED) is 0.787. The molecule has 0 spiro atoms.